The summed E-state index contributed by atoms with van der Waals surface area (Å²) in [6.45, 7) is 4.45. The van der Waals surface area contributed by atoms with Crippen molar-refractivity contribution in [2.24, 2.45) is 7.05 Å². The lowest BCUT2D eigenvalue weighted by molar-refractivity contribution is 0.405. The van der Waals surface area contributed by atoms with Crippen molar-refractivity contribution in [1.82, 2.24) is 20.1 Å². The monoisotopic (exact) mass is 262 g/mol. The smallest absolute Gasteiger partial charge is 0.154 e. The molecule has 4 nitrogen and oxygen atoms in total. The molecule has 0 radical (unpaired) electrons. The van der Waals surface area contributed by atoms with Gasteiger partial charge in [0.15, 0.2) is 5.82 Å². The van der Waals surface area contributed by atoms with Crippen LogP contribution in [0.2, 0.25) is 0 Å². The lowest BCUT2D eigenvalue weighted by Gasteiger charge is -2.25. The van der Waals surface area contributed by atoms with Crippen molar-refractivity contribution in [3.8, 4) is 0 Å². The number of nitrogens with zero attached hydrogens (tertiary/aromatic N) is 3. The predicted octanol–water partition coefficient (Wildman–Crippen LogP) is 2.50. The molecule has 1 aromatic heterocycles. The minimum absolute atomic E-state index is 0.217. The van der Waals surface area contributed by atoms with Crippen LogP contribution in [0.25, 0.3) is 0 Å². The number of aromatic nitrogens is 3. The normalized spacial score (nSPS) is 28.9. The first-order chi connectivity index (χ1) is 9.25. The SMILES string of the molecule is CCC1(c2nc(C3CCCCC3)nn2C)CCNC1. The van der Waals surface area contributed by atoms with Gasteiger partial charge >= 0.3 is 0 Å². The van der Waals surface area contributed by atoms with Gasteiger partial charge in [-0.2, -0.15) is 5.10 Å². The number of nitrogens with one attached hydrogen (secondary N) is 1. The van der Waals surface area contributed by atoms with Gasteiger partial charge in [0.05, 0.1) is 0 Å². The quantitative estimate of drug-likeness (QED) is 0.910. The average molecular weight is 262 g/mol. The molecule has 1 saturated heterocycles. The van der Waals surface area contributed by atoms with E-state index >= 15 is 0 Å². The van der Waals surface area contributed by atoms with E-state index in [1.54, 1.807) is 0 Å². The van der Waals surface area contributed by atoms with Crippen LogP contribution in [0.4, 0.5) is 0 Å². The zero-order chi connectivity index (χ0) is 13.3. The molecular formula is C15H26N4. The molecule has 19 heavy (non-hydrogen) atoms. The van der Waals surface area contributed by atoms with Crippen molar-refractivity contribution in [2.75, 3.05) is 13.1 Å². The summed E-state index contributed by atoms with van der Waals surface area (Å²) in [4.78, 5) is 4.97. The molecule has 106 valence electrons. The molecule has 1 saturated carbocycles. The second-order valence-electron chi connectivity index (χ2n) is 6.31. The lowest BCUT2D eigenvalue weighted by atomic mass is 9.83. The van der Waals surface area contributed by atoms with E-state index in [0.29, 0.717) is 5.92 Å². The van der Waals surface area contributed by atoms with E-state index in [2.05, 4.69) is 24.0 Å². The van der Waals surface area contributed by atoms with E-state index in [4.69, 9.17) is 10.1 Å². The Bertz CT molecular complexity index is 425. The molecule has 0 spiro atoms. The summed E-state index contributed by atoms with van der Waals surface area (Å²) in [5, 5.41) is 8.25. The standard InChI is InChI=1S/C15H26N4/c1-3-15(9-10-16-11-15)14-17-13(18-19(14)2)12-7-5-4-6-8-12/h12,16H,3-11H2,1-2H3. The Balaban J connectivity index is 1.88. The van der Waals surface area contributed by atoms with Crippen molar-refractivity contribution in [2.45, 2.75) is 63.2 Å². The van der Waals surface area contributed by atoms with Crippen LogP contribution in [-0.4, -0.2) is 27.9 Å². The lowest BCUT2D eigenvalue weighted by Crippen LogP contribution is -2.31. The topological polar surface area (TPSA) is 42.7 Å². The molecule has 3 rings (SSSR count). The highest BCUT2D eigenvalue weighted by molar-refractivity contribution is 5.15. The maximum absolute atomic E-state index is 4.97. The summed E-state index contributed by atoms with van der Waals surface area (Å²) >= 11 is 0. The van der Waals surface area contributed by atoms with Gasteiger partial charge in [-0.1, -0.05) is 26.2 Å². The number of hydrogen-bond acceptors (Lipinski definition) is 3. The van der Waals surface area contributed by atoms with Gasteiger partial charge in [-0.25, -0.2) is 4.98 Å². The van der Waals surface area contributed by atoms with Gasteiger partial charge in [0.25, 0.3) is 0 Å². The first-order valence-corrected chi connectivity index (χ1v) is 7.87. The molecular weight excluding hydrogens is 236 g/mol. The van der Waals surface area contributed by atoms with Crippen LogP contribution in [0.3, 0.4) is 0 Å². The molecule has 1 aliphatic heterocycles. The summed E-state index contributed by atoms with van der Waals surface area (Å²) in [5.74, 6) is 2.93. The van der Waals surface area contributed by atoms with E-state index in [9.17, 15) is 0 Å². The van der Waals surface area contributed by atoms with E-state index in [1.807, 2.05) is 0 Å². The third-order valence-electron chi connectivity index (χ3n) is 5.14. The van der Waals surface area contributed by atoms with Crippen LogP contribution in [0.5, 0.6) is 0 Å². The molecule has 1 aliphatic carbocycles. The van der Waals surface area contributed by atoms with Crippen LogP contribution in [0, 0.1) is 0 Å². The fourth-order valence-electron chi connectivity index (χ4n) is 3.79. The molecule has 1 unspecified atom stereocenters. The zero-order valence-electron chi connectivity index (χ0n) is 12.3. The zero-order valence-corrected chi connectivity index (χ0v) is 12.3. The summed E-state index contributed by atoms with van der Waals surface area (Å²) in [6.07, 6.45) is 8.98. The average Bonchev–Trinajstić information content (AvgIpc) is 3.07. The molecule has 0 amide bonds. The van der Waals surface area contributed by atoms with Crippen molar-refractivity contribution >= 4 is 0 Å². The van der Waals surface area contributed by atoms with Crippen LogP contribution in [0.1, 0.15) is 69.4 Å². The van der Waals surface area contributed by atoms with E-state index in [0.717, 1.165) is 25.3 Å². The van der Waals surface area contributed by atoms with Crippen molar-refractivity contribution in [1.29, 1.82) is 0 Å². The summed E-state index contributed by atoms with van der Waals surface area (Å²) < 4.78 is 2.06. The van der Waals surface area contributed by atoms with E-state index in [-0.39, 0.29) is 5.41 Å². The molecule has 2 fully saturated rings. The fraction of sp³-hybridized carbons (Fsp3) is 0.867. The Morgan fingerprint density at radius 3 is 2.74 bits per heavy atom. The Kier molecular flexibility index (Phi) is 3.61. The predicted molar refractivity (Wildman–Crippen MR) is 76.3 cm³/mol. The van der Waals surface area contributed by atoms with Crippen molar-refractivity contribution in [3.63, 3.8) is 0 Å². The van der Waals surface area contributed by atoms with Crippen LogP contribution < -0.4 is 5.32 Å². The van der Waals surface area contributed by atoms with Gasteiger partial charge in [-0.3, -0.25) is 4.68 Å². The molecule has 2 aliphatic rings. The van der Waals surface area contributed by atoms with Crippen molar-refractivity contribution in [3.05, 3.63) is 11.6 Å². The maximum atomic E-state index is 4.97. The molecule has 1 aromatic rings. The highest BCUT2D eigenvalue weighted by Crippen LogP contribution is 2.35. The minimum atomic E-state index is 0.217. The third-order valence-corrected chi connectivity index (χ3v) is 5.14. The molecule has 2 heterocycles. The Morgan fingerprint density at radius 2 is 2.11 bits per heavy atom. The summed E-state index contributed by atoms with van der Waals surface area (Å²) in [6, 6.07) is 0. The Morgan fingerprint density at radius 1 is 1.32 bits per heavy atom. The number of aryl methyl sites for hydroxylation is 1. The van der Waals surface area contributed by atoms with E-state index in [1.165, 1.54) is 44.3 Å². The molecule has 4 heteroatoms. The second kappa shape index (κ2) is 5.23. The first-order valence-electron chi connectivity index (χ1n) is 7.87. The second-order valence-corrected chi connectivity index (χ2v) is 6.31. The van der Waals surface area contributed by atoms with Crippen LogP contribution >= 0.6 is 0 Å². The minimum Gasteiger partial charge on any atom is -0.316 e. The number of rotatable bonds is 3. The Labute approximate surface area is 116 Å². The van der Waals surface area contributed by atoms with Gasteiger partial charge in [-0.15, -0.1) is 0 Å². The molecule has 0 aromatic carbocycles. The highest BCUT2D eigenvalue weighted by atomic mass is 15.3. The third kappa shape index (κ3) is 2.31. The molecule has 0 bridgehead atoms. The van der Waals surface area contributed by atoms with E-state index < -0.39 is 0 Å². The molecule has 1 N–H and O–H groups in total. The van der Waals surface area contributed by atoms with Crippen molar-refractivity contribution < 1.29 is 0 Å². The fourth-order valence-corrected chi connectivity index (χ4v) is 3.79. The summed E-state index contributed by atoms with van der Waals surface area (Å²) in [5.41, 5.74) is 0.217. The number of hydrogen-bond donors (Lipinski definition) is 1. The molecule has 1 atom stereocenters. The van der Waals surface area contributed by atoms with Crippen LogP contribution in [0.15, 0.2) is 0 Å². The van der Waals surface area contributed by atoms with Gasteiger partial charge in [0, 0.05) is 24.9 Å². The van der Waals surface area contributed by atoms with Gasteiger partial charge in [0.2, 0.25) is 0 Å². The largest absolute Gasteiger partial charge is 0.316 e. The van der Waals surface area contributed by atoms with Gasteiger partial charge in [0.1, 0.15) is 5.82 Å². The highest BCUT2D eigenvalue weighted by Gasteiger charge is 2.38. The van der Waals surface area contributed by atoms with Gasteiger partial charge in [-0.05, 0) is 32.2 Å². The Hall–Kier alpha value is -0.900. The summed E-state index contributed by atoms with van der Waals surface area (Å²) in [7, 11) is 2.07. The van der Waals surface area contributed by atoms with Crippen LogP contribution in [-0.2, 0) is 12.5 Å². The van der Waals surface area contributed by atoms with Gasteiger partial charge < -0.3 is 5.32 Å². The first kappa shape index (κ1) is 13.1. The maximum Gasteiger partial charge on any atom is 0.154 e.